The number of unbranched alkanes of at least 4 members (excludes halogenated alkanes) is 1. The molecular formula is C9H19N3O3. The summed E-state index contributed by atoms with van der Waals surface area (Å²) in [6.45, 7) is 6.17. The number of nitroso groups, excluding NO2 is 1. The first-order valence-corrected chi connectivity index (χ1v) is 5.12. The monoisotopic (exact) mass is 217 g/mol. The van der Waals surface area contributed by atoms with Crippen LogP contribution in [0.15, 0.2) is 5.29 Å². The van der Waals surface area contributed by atoms with Crippen LogP contribution < -0.4 is 5.32 Å². The fourth-order valence-electron chi connectivity index (χ4n) is 0.901. The van der Waals surface area contributed by atoms with Gasteiger partial charge in [0.15, 0.2) is 0 Å². The maximum Gasteiger partial charge on any atom is 0.408 e. The molecule has 0 heterocycles. The third-order valence-electron chi connectivity index (χ3n) is 1.63. The highest BCUT2D eigenvalue weighted by atomic mass is 16.6. The zero-order chi connectivity index (χ0) is 11.7. The number of carbonyl (C=O) groups excluding carboxylic acids is 1. The van der Waals surface area contributed by atoms with Crippen LogP contribution in [0.2, 0.25) is 0 Å². The lowest BCUT2D eigenvalue weighted by atomic mass is 10.3. The molecule has 0 saturated carbocycles. The van der Waals surface area contributed by atoms with Crippen molar-refractivity contribution in [3.8, 4) is 0 Å². The molecule has 6 heteroatoms. The van der Waals surface area contributed by atoms with Gasteiger partial charge in [0.2, 0.25) is 0 Å². The van der Waals surface area contributed by atoms with E-state index in [9.17, 15) is 9.70 Å². The lowest BCUT2D eigenvalue weighted by Gasteiger charge is -2.16. The van der Waals surface area contributed by atoms with Crippen LogP contribution in [0, 0.1) is 4.91 Å². The number of ether oxygens (including phenoxy) is 1. The molecule has 0 saturated heterocycles. The van der Waals surface area contributed by atoms with E-state index in [4.69, 9.17) is 4.74 Å². The van der Waals surface area contributed by atoms with E-state index in [2.05, 4.69) is 10.6 Å². The summed E-state index contributed by atoms with van der Waals surface area (Å²) in [4.78, 5) is 21.4. The van der Waals surface area contributed by atoms with Gasteiger partial charge in [0.1, 0.15) is 6.67 Å². The Hall–Kier alpha value is -1.33. The van der Waals surface area contributed by atoms with Gasteiger partial charge in [-0.2, -0.15) is 0 Å². The summed E-state index contributed by atoms with van der Waals surface area (Å²) in [5.41, 5.74) is 0. The molecule has 0 aromatic carbocycles. The van der Waals surface area contributed by atoms with Crippen molar-refractivity contribution in [3.05, 3.63) is 4.91 Å². The van der Waals surface area contributed by atoms with E-state index in [0.717, 1.165) is 12.8 Å². The number of rotatable bonds is 7. The molecule has 0 aliphatic carbocycles. The van der Waals surface area contributed by atoms with E-state index in [1.807, 2.05) is 6.92 Å². The first kappa shape index (κ1) is 13.7. The van der Waals surface area contributed by atoms with E-state index in [1.165, 1.54) is 5.01 Å². The second-order valence-electron chi connectivity index (χ2n) is 3.45. The Kier molecular flexibility index (Phi) is 7.31. The summed E-state index contributed by atoms with van der Waals surface area (Å²) in [6.07, 6.45) is 1.14. The third kappa shape index (κ3) is 7.72. The van der Waals surface area contributed by atoms with Gasteiger partial charge >= 0.3 is 6.09 Å². The van der Waals surface area contributed by atoms with Crippen LogP contribution in [0.25, 0.3) is 0 Å². The van der Waals surface area contributed by atoms with Gasteiger partial charge < -0.3 is 10.1 Å². The van der Waals surface area contributed by atoms with Crippen LogP contribution in [-0.2, 0) is 4.74 Å². The smallest absolute Gasteiger partial charge is 0.408 e. The van der Waals surface area contributed by atoms with Gasteiger partial charge in [-0.15, -0.1) is 4.91 Å². The molecule has 0 radical (unpaired) electrons. The summed E-state index contributed by atoms with van der Waals surface area (Å²) in [7, 11) is 0. The van der Waals surface area contributed by atoms with Gasteiger partial charge in [0.05, 0.1) is 11.4 Å². The molecule has 0 unspecified atom stereocenters. The quantitative estimate of drug-likeness (QED) is 0.401. The maximum absolute atomic E-state index is 11.0. The molecule has 1 N–H and O–H groups in total. The topological polar surface area (TPSA) is 71.0 Å². The zero-order valence-corrected chi connectivity index (χ0v) is 9.52. The summed E-state index contributed by atoms with van der Waals surface area (Å²) >= 11 is 0. The lowest BCUT2D eigenvalue weighted by molar-refractivity contribution is 0.108. The Labute approximate surface area is 89.9 Å². The number of hydrogen-bond acceptors (Lipinski definition) is 4. The predicted octanol–water partition coefficient (Wildman–Crippen LogP) is 1.86. The van der Waals surface area contributed by atoms with E-state index in [-0.39, 0.29) is 12.8 Å². The fraction of sp³-hybridized carbons (Fsp3) is 0.889. The van der Waals surface area contributed by atoms with Gasteiger partial charge in [0, 0.05) is 6.54 Å². The summed E-state index contributed by atoms with van der Waals surface area (Å²) in [5, 5.41) is 6.49. The Morgan fingerprint density at radius 1 is 1.53 bits per heavy atom. The third-order valence-corrected chi connectivity index (χ3v) is 1.63. The molecule has 0 bridgehead atoms. The van der Waals surface area contributed by atoms with Gasteiger partial charge in [-0.25, -0.2) is 9.80 Å². The second kappa shape index (κ2) is 8.02. The minimum atomic E-state index is -0.532. The van der Waals surface area contributed by atoms with Crippen LogP contribution in [0.5, 0.6) is 0 Å². The Bertz CT molecular complexity index is 197. The number of hydrogen-bond donors (Lipinski definition) is 1. The molecule has 0 aliphatic rings. The molecular weight excluding hydrogens is 198 g/mol. The Morgan fingerprint density at radius 2 is 2.20 bits per heavy atom. The molecule has 15 heavy (non-hydrogen) atoms. The molecule has 0 aromatic heterocycles. The maximum atomic E-state index is 11.0. The number of nitrogens with zero attached hydrogens (tertiary/aromatic N) is 2. The highest BCUT2D eigenvalue weighted by Gasteiger charge is 2.07. The van der Waals surface area contributed by atoms with E-state index in [1.54, 1.807) is 13.8 Å². The van der Waals surface area contributed by atoms with Gasteiger partial charge in [-0.05, 0) is 20.3 Å². The molecule has 0 rings (SSSR count). The van der Waals surface area contributed by atoms with E-state index in [0.29, 0.717) is 6.54 Å². The summed E-state index contributed by atoms with van der Waals surface area (Å²) in [6, 6.07) is 0. The first-order chi connectivity index (χ1) is 7.10. The van der Waals surface area contributed by atoms with E-state index >= 15 is 0 Å². The molecule has 0 aromatic rings. The molecule has 88 valence electrons. The van der Waals surface area contributed by atoms with Crippen molar-refractivity contribution >= 4 is 6.09 Å². The number of alkyl carbamates (subject to hydrolysis) is 1. The van der Waals surface area contributed by atoms with Crippen molar-refractivity contribution in [1.82, 2.24) is 10.3 Å². The zero-order valence-electron chi connectivity index (χ0n) is 9.52. The number of nitrogens with one attached hydrogen (secondary N) is 1. The number of carbonyl (C=O) groups is 1. The first-order valence-electron chi connectivity index (χ1n) is 5.12. The average molecular weight is 217 g/mol. The van der Waals surface area contributed by atoms with Crippen molar-refractivity contribution in [2.24, 2.45) is 5.29 Å². The summed E-state index contributed by atoms with van der Waals surface area (Å²) in [5.74, 6) is 0. The van der Waals surface area contributed by atoms with Crippen molar-refractivity contribution < 1.29 is 9.53 Å². The van der Waals surface area contributed by atoms with Crippen molar-refractivity contribution in [2.45, 2.75) is 39.7 Å². The Balaban J connectivity index is 3.69. The van der Waals surface area contributed by atoms with Crippen molar-refractivity contribution in [3.63, 3.8) is 0 Å². The Morgan fingerprint density at radius 3 is 2.67 bits per heavy atom. The lowest BCUT2D eigenvalue weighted by Crippen LogP contribution is -2.36. The standard InChI is InChI=1S/C9H19N3O3/c1-4-5-6-12(11-14)7-10-9(13)15-8(2)3/h8H,4-7H2,1-3H3,(H,10,13). The fourth-order valence-corrected chi connectivity index (χ4v) is 0.901. The van der Waals surface area contributed by atoms with Crippen LogP contribution in [-0.4, -0.2) is 30.4 Å². The average Bonchev–Trinajstić information content (AvgIpc) is 2.17. The van der Waals surface area contributed by atoms with Crippen LogP contribution in [0.4, 0.5) is 4.79 Å². The minimum Gasteiger partial charge on any atom is -0.447 e. The molecule has 0 spiro atoms. The van der Waals surface area contributed by atoms with Gasteiger partial charge in [-0.3, -0.25) is 0 Å². The molecule has 0 fully saturated rings. The van der Waals surface area contributed by atoms with Gasteiger partial charge in [0.25, 0.3) is 0 Å². The van der Waals surface area contributed by atoms with Crippen LogP contribution >= 0.6 is 0 Å². The summed E-state index contributed by atoms with van der Waals surface area (Å²) < 4.78 is 4.83. The van der Waals surface area contributed by atoms with Crippen molar-refractivity contribution in [2.75, 3.05) is 13.2 Å². The molecule has 0 atom stereocenters. The minimum absolute atomic E-state index is 0.0923. The van der Waals surface area contributed by atoms with Crippen LogP contribution in [0.3, 0.4) is 0 Å². The SMILES string of the molecule is CCCCN(CNC(=O)OC(C)C)N=O. The normalized spacial score (nSPS) is 9.87. The van der Waals surface area contributed by atoms with Crippen molar-refractivity contribution in [1.29, 1.82) is 0 Å². The second-order valence-corrected chi connectivity index (χ2v) is 3.45. The largest absolute Gasteiger partial charge is 0.447 e. The highest BCUT2D eigenvalue weighted by molar-refractivity contribution is 5.67. The molecule has 1 amide bonds. The predicted molar refractivity (Wildman–Crippen MR) is 57.0 cm³/mol. The molecule has 6 nitrogen and oxygen atoms in total. The highest BCUT2D eigenvalue weighted by Crippen LogP contribution is 1.94. The van der Waals surface area contributed by atoms with Gasteiger partial charge in [-0.1, -0.05) is 13.3 Å². The molecule has 0 aliphatic heterocycles. The van der Waals surface area contributed by atoms with E-state index < -0.39 is 6.09 Å². The number of amides is 1. The van der Waals surface area contributed by atoms with Crippen LogP contribution in [0.1, 0.15) is 33.6 Å².